The average molecular weight is 496 g/mol. The first kappa shape index (κ1) is 27.7. The van der Waals surface area contributed by atoms with E-state index in [-0.39, 0.29) is 0 Å². The molecule has 2 aromatic carbocycles. The van der Waals surface area contributed by atoms with Crippen LogP contribution in [0.2, 0.25) is 0 Å². The summed E-state index contributed by atoms with van der Waals surface area (Å²) in [4.78, 5) is 2.26. The largest absolute Gasteiger partial charge is 0.493 e. The van der Waals surface area contributed by atoms with E-state index in [1.165, 1.54) is 0 Å². The predicted molar refractivity (Wildman–Crippen MR) is 144 cm³/mol. The molecule has 3 rings (SSSR count). The molecular weight excluding hydrogens is 454 g/mol. The van der Waals surface area contributed by atoms with Crippen LogP contribution in [0.1, 0.15) is 39.2 Å². The van der Waals surface area contributed by atoms with Crippen LogP contribution in [0.25, 0.3) is 11.3 Å². The molecule has 36 heavy (non-hydrogen) atoms. The number of benzene rings is 2. The van der Waals surface area contributed by atoms with Gasteiger partial charge >= 0.3 is 0 Å². The summed E-state index contributed by atoms with van der Waals surface area (Å²) in [6.07, 6.45) is 1.51. The smallest absolute Gasteiger partial charge is 0.222 e. The van der Waals surface area contributed by atoms with Crippen LogP contribution in [0.3, 0.4) is 0 Å². The summed E-state index contributed by atoms with van der Waals surface area (Å²) in [7, 11) is 3.53. The third kappa shape index (κ3) is 7.82. The van der Waals surface area contributed by atoms with Gasteiger partial charge in [-0.3, -0.25) is 4.90 Å². The minimum Gasteiger partial charge on any atom is -0.493 e. The lowest BCUT2D eigenvalue weighted by molar-refractivity contribution is 0.0124. The van der Waals surface area contributed by atoms with Crippen molar-refractivity contribution >= 4 is 0 Å². The van der Waals surface area contributed by atoms with E-state index in [9.17, 15) is 5.11 Å². The van der Waals surface area contributed by atoms with Crippen LogP contribution in [-0.4, -0.2) is 59.3 Å². The molecule has 196 valence electrons. The molecule has 0 saturated heterocycles. The van der Waals surface area contributed by atoms with Crippen molar-refractivity contribution in [1.29, 1.82) is 0 Å². The van der Waals surface area contributed by atoms with Gasteiger partial charge in [-0.2, -0.15) is 5.10 Å². The Morgan fingerprint density at radius 1 is 1.00 bits per heavy atom. The van der Waals surface area contributed by atoms with E-state index in [1.807, 2.05) is 49.5 Å². The van der Waals surface area contributed by atoms with Crippen molar-refractivity contribution < 1.29 is 19.3 Å². The number of rotatable bonds is 15. The Balaban J connectivity index is 1.93. The van der Waals surface area contributed by atoms with E-state index in [0.29, 0.717) is 49.6 Å². The van der Waals surface area contributed by atoms with Gasteiger partial charge in [-0.05, 0) is 24.5 Å². The Bertz CT molecular complexity index is 1050. The number of hydrogen-bond donors (Lipinski definition) is 1. The maximum absolute atomic E-state index is 10.7. The number of methoxy groups -OCH3 is 1. The molecule has 1 aromatic heterocycles. The van der Waals surface area contributed by atoms with Gasteiger partial charge in [-0.1, -0.05) is 69.7 Å². The van der Waals surface area contributed by atoms with Crippen LogP contribution < -0.4 is 9.47 Å². The van der Waals surface area contributed by atoms with Crippen molar-refractivity contribution in [3.8, 4) is 28.6 Å². The second kappa shape index (κ2) is 14.0. The lowest BCUT2D eigenvalue weighted by Crippen LogP contribution is -2.37. The van der Waals surface area contributed by atoms with E-state index in [0.717, 1.165) is 36.2 Å². The molecule has 0 amide bonds. The van der Waals surface area contributed by atoms with Crippen molar-refractivity contribution in [3.05, 3.63) is 60.2 Å². The molecule has 0 aliphatic heterocycles. The number of nitrogens with zero attached hydrogens (tertiary/aromatic N) is 3. The fourth-order valence-corrected chi connectivity index (χ4v) is 4.22. The standard InChI is InChI=1S/C29H41N3O4/c1-6-7-17-35-21-24(33)19-32(18-22(2)3)20-25-28(23-13-9-8-10-14-23)30-31(4)29(25)36-27-16-12-11-15-26(27)34-5/h8-16,22,24,33H,6-7,17-21H2,1-5H3. The maximum Gasteiger partial charge on any atom is 0.222 e. The van der Waals surface area contributed by atoms with Gasteiger partial charge in [0, 0.05) is 38.9 Å². The lowest BCUT2D eigenvalue weighted by atomic mass is 10.1. The van der Waals surface area contributed by atoms with E-state index in [1.54, 1.807) is 11.8 Å². The summed E-state index contributed by atoms with van der Waals surface area (Å²) in [5.74, 6) is 2.36. The van der Waals surface area contributed by atoms with E-state index < -0.39 is 6.10 Å². The zero-order chi connectivity index (χ0) is 25.9. The molecule has 0 aliphatic carbocycles. The number of unbranched alkanes of at least 4 members (excludes halogenated alkanes) is 1. The van der Waals surface area contributed by atoms with Crippen LogP contribution in [0.4, 0.5) is 0 Å². The fourth-order valence-electron chi connectivity index (χ4n) is 4.22. The Morgan fingerprint density at radius 3 is 2.36 bits per heavy atom. The third-order valence-corrected chi connectivity index (χ3v) is 5.84. The monoisotopic (exact) mass is 495 g/mol. The molecule has 3 aromatic rings. The van der Waals surface area contributed by atoms with Crippen molar-refractivity contribution in [1.82, 2.24) is 14.7 Å². The summed E-state index contributed by atoms with van der Waals surface area (Å²) >= 11 is 0. The van der Waals surface area contributed by atoms with Crippen LogP contribution in [0.5, 0.6) is 17.4 Å². The van der Waals surface area contributed by atoms with Gasteiger partial charge in [0.05, 0.1) is 25.4 Å². The molecule has 0 fully saturated rings. The Kier molecular flexibility index (Phi) is 10.8. The molecule has 1 heterocycles. The number of aryl methyl sites for hydroxylation is 1. The minimum atomic E-state index is -0.573. The minimum absolute atomic E-state index is 0.331. The number of aromatic nitrogens is 2. The molecular formula is C29H41N3O4. The molecule has 7 heteroatoms. The summed E-state index contributed by atoms with van der Waals surface area (Å²) < 4.78 is 19.4. The zero-order valence-electron chi connectivity index (χ0n) is 22.3. The topological polar surface area (TPSA) is 69.0 Å². The molecule has 1 unspecified atom stereocenters. The lowest BCUT2D eigenvalue weighted by Gasteiger charge is -2.27. The first-order valence-corrected chi connectivity index (χ1v) is 12.8. The normalized spacial score (nSPS) is 12.3. The van der Waals surface area contributed by atoms with Crippen molar-refractivity contribution in [2.24, 2.45) is 13.0 Å². The summed E-state index contributed by atoms with van der Waals surface area (Å²) in [5.41, 5.74) is 2.85. The Labute approximate surface area is 215 Å². The Morgan fingerprint density at radius 2 is 1.69 bits per heavy atom. The number of hydrogen-bond acceptors (Lipinski definition) is 6. The first-order chi connectivity index (χ1) is 17.4. The van der Waals surface area contributed by atoms with E-state index >= 15 is 0 Å². The van der Waals surface area contributed by atoms with Crippen LogP contribution in [-0.2, 0) is 18.3 Å². The van der Waals surface area contributed by atoms with Crippen molar-refractivity contribution in [3.63, 3.8) is 0 Å². The molecule has 0 radical (unpaired) electrons. The number of aliphatic hydroxyl groups excluding tert-OH is 1. The fraction of sp³-hybridized carbons (Fsp3) is 0.483. The van der Waals surface area contributed by atoms with E-state index in [4.69, 9.17) is 19.3 Å². The van der Waals surface area contributed by atoms with Crippen molar-refractivity contribution in [2.75, 3.05) is 33.4 Å². The highest BCUT2D eigenvalue weighted by Crippen LogP contribution is 2.37. The van der Waals surface area contributed by atoms with Crippen molar-refractivity contribution in [2.45, 2.75) is 46.3 Å². The zero-order valence-corrected chi connectivity index (χ0v) is 22.3. The molecule has 1 atom stereocenters. The summed E-state index contributed by atoms with van der Waals surface area (Å²) in [6.45, 7) is 9.41. The second-order valence-electron chi connectivity index (χ2n) is 9.55. The Hall–Kier alpha value is -2.87. The van der Waals surface area contributed by atoms with Gasteiger partial charge in [-0.25, -0.2) is 4.68 Å². The molecule has 0 aliphatic rings. The van der Waals surface area contributed by atoms with Crippen LogP contribution >= 0.6 is 0 Å². The van der Waals surface area contributed by atoms with Gasteiger partial charge in [0.2, 0.25) is 5.88 Å². The van der Waals surface area contributed by atoms with Crippen LogP contribution in [0.15, 0.2) is 54.6 Å². The molecule has 0 saturated carbocycles. The van der Waals surface area contributed by atoms with Gasteiger partial charge in [-0.15, -0.1) is 0 Å². The van der Waals surface area contributed by atoms with Gasteiger partial charge in [0.25, 0.3) is 0 Å². The second-order valence-corrected chi connectivity index (χ2v) is 9.55. The van der Waals surface area contributed by atoms with Gasteiger partial charge in [0.15, 0.2) is 11.5 Å². The average Bonchev–Trinajstić information content (AvgIpc) is 3.17. The highest BCUT2D eigenvalue weighted by Gasteiger charge is 2.24. The first-order valence-electron chi connectivity index (χ1n) is 12.8. The highest BCUT2D eigenvalue weighted by atomic mass is 16.5. The SMILES string of the molecule is CCCCOCC(O)CN(Cc1c(-c2ccccc2)nn(C)c1Oc1ccccc1OC)CC(C)C. The molecule has 1 N–H and O–H groups in total. The maximum atomic E-state index is 10.7. The summed E-state index contributed by atoms with van der Waals surface area (Å²) in [5, 5.41) is 15.6. The number of para-hydroxylation sites is 2. The third-order valence-electron chi connectivity index (χ3n) is 5.84. The van der Waals surface area contributed by atoms with Crippen LogP contribution in [0, 0.1) is 5.92 Å². The number of ether oxygens (including phenoxy) is 3. The number of aliphatic hydroxyl groups is 1. The van der Waals surface area contributed by atoms with E-state index in [2.05, 4.69) is 37.8 Å². The van der Waals surface area contributed by atoms with Gasteiger partial charge < -0.3 is 19.3 Å². The highest BCUT2D eigenvalue weighted by molar-refractivity contribution is 5.66. The summed E-state index contributed by atoms with van der Waals surface area (Å²) in [6, 6.07) is 17.7. The molecule has 0 spiro atoms. The quantitative estimate of drug-likeness (QED) is 0.280. The molecule has 0 bridgehead atoms. The predicted octanol–water partition coefficient (Wildman–Crippen LogP) is 5.52. The molecule has 7 nitrogen and oxygen atoms in total. The van der Waals surface area contributed by atoms with Gasteiger partial charge in [0.1, 0.15) is 5.69 Å².